The molecule has 15 heteroatoms. The van der Waals surface area contributed by atoms with Crippen molar-refractivity contribution in [2.75, 3.05) is 6.61 Å². The van der Waals surface area contributed by atoms with Crippen molar-refractivity contribution in [3.63, 3.8) is 0 Å². The molecule has 1 heterocycles. The van der Waals surface area contributed by atoms with Crippen LogP contribution in [0, 0.1) is 35.5 Å². The molecule has 7 unspecified atom stereocenters. The molecule has 1 saturated heterocycles. The molecule has 206 valence electrons. The lowest BCUT2D eigenvalue weighted by Gasteiger charge is -2.64. The van der Waals surface area contributed by atoms with E-state index in [9.17, 15) is 23.2 Å². The zero-order valence-electron chi connectivity index (χ0n) is 23.1. The Labute approximate surface area is 240 Å². The summed E-state index contributed by atoms with van der Waals surface area (Å²) >= 11 is 0. The molecule has 1 aliphatic heterocycles. The minimum Gasteiger partial charge on any atom is -0.458 e. The van der Waals surface area contributed by atoms with Crippen molar-refractivity contribution >= 4 is 61.6 Å². The Bertz CT molecular complexity index is 1000. The van der Waals surface area contributed by atoms with Crippen LogP contribution in [0.1, 0.15) is 65.2 Å². The molecule has 7 atom stereocenters. The normalized spacial score (nSPS) is 41.6. The molecule has 0 amide bonds. The summed E-state index contributed by atoms with van der Waals surface area (Å²) in [5.74, 6) is -5.05. The van der Waals surface area contributed by atoms with E-state index >= 15 is 0 Å². The van der Waals surface area contributed by atoms with Crippen LogP contribution in [0.4, 0.5) is 8.78 Å². The van der Waals surface area contributed by atoms with Gasteiger partial charge in [-0.25, -0.2) is 9.59 Å². The van der Waals surface area contributed by atoms with E-state index in [1.165, 1.54) is 0 Å². The second kappa shape index (κ2) is 10.7. The van der Waals surface area contributed by atoms with Crippen LogP contribution in [-0.2, 0) is 33.3 Å². The van der Waals surface area contributed by atoms with Gasteiger partial charge in [-0.3, -0.25) is 4.79 Å². The van der Waals surface area contributed by atoms with Crippen molar-refractivity contribution < 1.29 is 42.1 Å². The fourth-order valence-corrected chi connectivity index (χ4v) is 8.70. The Kier molecular flexibility index (Phi) is 8.06. The van der Waals surface area contributed by atoms with Gasteiger partial charge in [-0.1, -0.05) is 6.92 Å². The van der Waals surface area contributed by atoms with Gasteiger partial charge < -0.3 is 18.9 Å². The third-order valence-corrected chi connectivity index (χ3v) is 10.3. The molecule has 6 saturated carbocycles. The molecular formula is C25H32B6F2O7. The number of alkyl halides is 2. The van der Waals surface area contributed by atoms with Crippen LogP contribution in [0.5, 0.6) is 0 Å². The van der Waals surface area contributed by atoms with E-state index in [0.717, 1.165) is 32.1 Å². The van der Waals surface area contributed by atoms with Crippen molar-refractivity contribution in [2.45, 2.75) is 94.5 Å². The summed E-state index contributed by atoms with van der Waals surface area (Å²) < 4.78 is 50.3. The first-order chi connectivity index (χ1) is 18.7. The zero-order valence-corrected chi connectivity index (χ0v) is 23.1. The summed E-state index contributed by atoms with van der Waals surface area (Å²) in [6, 6.07) is 0. The predicted octanol–water partition coefficient (Wildman–Crippen LogP) is 1.14. The summed E-state index contributed by atoms with van der Waals surface area (Å²) in [6.45, 7) is 2.29. The van der Waals surface area contributed by atoms with Crippen molar-refractivity contribution in [1.29, 1.82) is 0 Å². The molecule has 6 aliphatic carbocycles. The molecule has 0 aromatic rings. The van der Waals surface area contributed by atoms with E-state index in [-0.39, 0.29) is 54.4 Å². The van der Waals surface area contributed by atoms with E-state index < -0.39 is 41.8 Å². The summed E-state index contributed by atoms with van der Waals surface area (Å²) in [4.78, 5) is 36.8. The second-order valence-electron chi connectivity index (χ2n) is 12.9. The van der Waals surface area contributed by atoms with Crippen molar-refractivity contribution in [3.05, 3.63) is 0 Å². The van der Waals surface area contributed by atoms with Crippen LogP contribution in [0.25, 0.3) is 0 Å². The number of hydrogen-bond acceptors (Lipinski definition) is 7. The number of ether oxygens (including phenoxy) is 4. The first-order valence-corrected chi connectivity index (χ1v) is 14.4. The highest BCUT2D eigenvalue weighted by Gasteiger charge is 2.65. The fourth-order valence-electron chi connectivity index (χ4n) is 8.70. The van der Waals surface area contributed by atoms with Gasteiger partial charge >= 0.3 is 23.8 Å². The average molecular weight is 547 g/mol. The van der Waals surface area contributed by atoms with Gasteiger partial charge in [-0.2, -0.15) is 8.78 Å². The molecule has 8 radical (unpaired) electrons. The van der Waals surface area contributed by atoms with Crippen LogP contribution in [0.2, 0.25) is 0 Å². The van der Waals surface area contributed by atoms with Crippen LogP contribution in [0.3, 0.4) is 0 Å². The maximum atomic E-state index is 13.6. The van der Waals surface area contributed by atoms with E-state index in [1.807, 2.05) is 6.92 Å². The van der Waals surface area contributed by atoms with Gasteiger partial charge in [-0.05, 0) is 57.3 Å². The van der Waals surface area contributed by atoms with Crippen molar-refractivity contribution in [1.82, 2.24) is 0 Å². The zero-order chi connectivity index (χ0) is 29.2. The highest BCUT2D eigenvalue weighted by atomic mass is 19.3. The lowest BCUT2D eigenvalue weighted by molar-refractivity contribution is -0.262. The number of hydrogen-bond donors (Lipinski definition) is 0. The molecule has 0 N–H and O–H groups in total. The Morgan fingerprint density at radius 1 is 1.05 bits per heavy atom. The van der Waals surface area contributed by atoms with Gasteiger partial charge in [0.2, 0.25) is 0 Å². The standard InChI is InChI=1S/C25H32F2O7.B6/c1-3-25(34-22(30)23(2,26)27)14-4-12-5-15(25)10-24(8-12,9-14)31-11-18(28)32-19-13-6-16-17(7-13)21(29)33-20(16)19;1-5(2)6(3)4/h12-17,19-20H,3-11H2,1-2H3;. The fraction of sp³-hybridized carbons (Fsp3) is 0.880. The molecule has 6 bridgehead atoms. The maximum absolute atomic E-state index is 13.6. The Morgan fingerprint density at radius 3 is 2.23 bits per heavy atom. The largest absolute Gasteiger partial charge is 0.458 e. The predicted molar refractivity (Wildman–Crippen MR) is 146 cm³/mol. The lowest BCUT2D eigenvalue weighted by atomic mass is 8.81. The van der Waals surface area contributed by atoms with Crippen LogP contribution in [0.15, 0.2) is 0 Å². The molecule has 7 nitrogen and oxygen atoms in total. The van der Waals surface area contributed by atoms with Crippen molar-refractivity contribution in [2.24, 2.45) is 35.5 Å². The van der Waals surface area contributed by atoms with Gasteiger partial charge in [0.05, 0.1) is 11.5 Å². The second-order valence-corrected chi connectivity index (χ2v) is 12.9. The van der Waals surface area contributed by atoms with Crippen LogP contribution < -0.4 is 0 Å². The molecule has 0 aromatic heterocycles. The van der Waals surface area contributed by atoms with E-state index in [1.54, 1.807) is 0 Å². The van der Waals surface area contributed by atoms with E-state index in [2.05, 4.69) is 0 Å². The first-order valence-electron chi connectivity index (χ1n) is 14.4. The minimum absolute atomic E-state index is 0.0335. The lowest BCUT2D eigenvalue weighted by Crippen LogP contribution is -2.66. The third kappa shape index (κ3) is 5.30. The minimum atomic E-state index is -3.53. The number of fused-ring (bicyclic) bond motifs is 1. The van der Waals surface area contributed by atoms with Gasteiger partial charge in [0.25, 0.3) is 0 Å². The molecule has 0 spiro atoms. The van der Waals surface area contributed by atoms with Gasteiger partial charge in [0.15, 0.2) is 0 Å². The van der Waals surface area contributed by atoms with Gasteiger partial charge in [0, 0.05) is 74.3 Å². The summed E-state index contributed by atoms with van der Waals surface area (Å²) in [5, 5.41) is 0. The highest BCUT2D eigenvalue weighted by Crippen LogP contribution is 2.63. The topological polar surface area (TPSA) is 88.1 Å². The Balaban J connectivity index is 0.000000487. The smallest absolute Gasteiger partial charge is 0.377 e. The van der Waals surface area contributed by atoms with Gasteiger partial charge in [-0.15, -0.1) is 0 Å². The molecule has 7 aliphatic rings. The molecule has 7 fully saturated rings. The number of rotatable bonds is 8. The third-order valence-electron chi connectivity index (χ3n) is 10.3. The molecular weight excluding hydrogens is 515 g/mol. The monoisotopic (exact) mass is 548 g/mol. The number of carbonyl (C=O) groups is 3. The van der Waals surface area contributed by atoms with E-state index in [4.69, 9.17) is 49.9 Å². The number of halogens is 2. The van der Waals surface area contributed by atoms with Crippen LogP contribution >= 0.6 is 0 Å². The summed E-state index contributed by atoms with van der Waals surface area (Å²) in [5.41, 5.74) is -1.41. The van der Waals surface area contributed by atoms with Gasteiger partial charge in [0.1, 0.15) is 24.4 Å². The first kappa shape index (κ1) is 30.1. The molecule has 7 rings (SSSR count). The molecule has 0 aromatic carbocycles. The quantitative estimate of drug-likeness (QED) is 0.256. The summed E-state index contributed by atoms with van der Waals surface area (Å²) in [6.07, 6.45) is 3.81. The average Bonchev–Trinajstić information content (AvgIpc) is 3.50. The van der Waals surface area contributed by atoms with Crippen molar-refractivity contribution in [3.8, 4) is 0 Å². The number of esters is 3. The SMILES string of the molecule is CCC1(OC(=O)C(C)(F)F)C2CC3CC1CC(OCC(=O)OC1C4CC5C(=O)OC1C5C4)(C3)C2.[B]B([B])B([B])[B]. The van der Waals surface area contributed by atoms with E-state index in [0.29, 0.717) is 32.1 Å². The molecule has 40 heavy (non-hydrogen) atoms. The number of carbonyl (C=O) groups excluding carboxylic acids is 3. The summed E-state index contributed by atoms with van der Waals surface area (Å²) in [7, 11) is 19.9. The van der Waals surface area contributed by atoms with Crippen LogP contribution in [-0.4, -0.2) is 97.6 Å². The Morgan fingerprint density at radius 2 is 1.68 bits per heavy atom. The maximum Gasteiger partial charge on any atom is 0.377 e. The Hall–Kier alpha value is -1.38. The highest BCUT2D eigenvalue weighted by molar-refractivity contribution is 7.76.